The number of aliphatic carboxylic acids is 1. The highest BCUT2D eigenvalue weighted by Gasteiger charge is 2.36. The van der Waals surface area contributed by atoms with Crippen molar-refractivity contribution >= 4 is 23.5 Å². The molecule has 1 saturated heterocycles. The molecule has 2 aromatic rings. The zero-order chi connectivity index (χ0) is 20.8. The van der Waals surface area contributed by atoms with Crippen molar-refractivity contribution in [2.24, 2.45) is 5.92 Å². The standard InChI is InChI=1S/C22H23FN2O4/c23-18-8-4-5-9-19(18)25-14-16(13-20(25)26)22(29)24-17(10-11-21(27)28)12-15-6-2-1-3-7-15/h1-9,16-17H,10-14H2,(H,24,29)(H,27,28). The van der Waals surface area contributed by atoms with Crippen molar-refractivity contribution in [3.63, 3.8) is 0 Å². The molecule has 152 valence electrons. The molecule has 1 aliphatic heterocycles. The van der Waals surface area contributed by atoms with Crippen LogP contribution in [-0.2, 0) is 20.8 Å². The molecule has 3 rings (SSSR count). The van der Waals surface area contributed by atoms with Crippen molar-refractivity contribution in [1.82, 2.24) is 5.32 Å². The van der Waals surface area contributed by atoms with E-state index in [0.717, 1.165) is 5.56 Å². The molecule has 29 heavy (non-hydrogen) atoms. The number of carbonyl (C=O) groups is 3. The van der Waals surface area contributed by atoms with Gasteiger partial charge in [-0.2, -0.15) is 0 Å². The Morgan fingerprint density at radius 1 is 1.14 bits per heavy atom. The quantitative estimate of drug-likeness (QED) is 0.716. The molecule has 0 aromatic heterocycles. The number of para-hydroxylation sites is 1. The molecule has 0 aliphatic carbocycles. The molecular formula is C22H23FN2O4. The van der Waals surface area contributed by atoms with Crippen LogP contribution in [0.25, 0.3) is 0 Å². The number of rotatable bonds is 8. The Morgan fingerprint density at radius 3 is 2.52 bits per heavy atom. The fraction of sp³-hybridized carbons (Fsp3) is 0.318. The summed E-state index contributed by atoms with van der Waals surface area (Å²) in [6, 6.07) is 15.1. The summed E-state index contributed by atoms with van der Waals surface area (Å²) in [6.07, 6.45) is 0.713. The maximum absolute atomic E-state index is 14.0. The lowest BCUT2D eigenvalue weighted by molar-refractivity contribution is -0.137. The number of carboxylic acids is 1. The molecule has 2 unspecified atom stereocenters. The third-order valence-corrected chi connectivity index (χ3v) is 5.02. The van der Waals surface area contributed by atoms with Crippen LogP contribution < -0.4 is 10.2 Å². The number of carboxylic acid groups (broad SMARTS) is 1. The Labute approximate surface area is 168 Å². The number of amides is 2. The number of carbonyl (C=O) groups excluding carboxylic acids is 2. The molecule has 1 heterocycles. The van der Waals surface area contributed by atoms with Crippen molar-refractivity contribution in [2.45, 2.75) is 31.7 Å². The van der Waals surface area contributed by atoms with Crippen LogP contribution in [-0.4, -0.2) is 35.5 Å². The predicted octanol–water partition coefficient (Wildman–Crippen LogP) is 2.77. The van der Waals surface area contributed by atoms with E-state index < -0.39 is 17.7 Å². The van der Waals surface area contributed by atoms with E-state index in [1.165, 1.54) is 17.0 Å². The highest BCUT2D eigenvalue weighted by atomic mass is 19.1. The summed E-state index contributed by atoms with van der Waals surface area (Å²) in [5.74, 6) is -2.67. The van der Waals surface area contributed by atoms with Gasteiger partial charge in [-0.1, -0.05) is 42.5 Å². The second kappa shape index (κ2) is 9.32. The van der Waals surface area contributed by atoms with Crippen LogP contribution in [0.5, 0.6) is 0 Å². The molecule has 7 heteroatoms. The molecule has 2 N–H and O–H groups in total. The molecular weight excluding hydrogens is 375 g/mol. The summed E-state index contributed by atoms with van der Waals surface area (Å²) in [5, 5.41) is 11.9. The Bertz CT molecular complexity index is 887. The number of halogens is 1. The highest BCUT2D eigenvalue weighted by molar-refractivity contribution is 6.00. The van der Waals surface area contributed by atoms with E-state index >= 15 is 0 Å². The Balaban J connectivity index is 1.66. The van der Waals surface area contributed by atoms with Gasteiger partial charge in [-0.25, -0.2) is 4.39 Å². The number of nitrogens with zero attached hydrogens (tertiary/aromatic N) is 1. The second-order valence-corrected chi connectivity index (χ2v) is 7.18. The predicted molar refractivity (Wildman–Crippen MR) is 106 cm³/mol. The van der Waals surface area contributed by atoms with Gasteiger partial charge in [-0.05, 0) is 30.5 Å². The van der Waals surface area contributed by atoms with E-state index in [1.807, 2.05) is 30.3 Å². The van der Waals surface area contributed by atoms with Gasteiger partial charge in [0.2, 0.25) is 11.8 Å². The van der Waals surface area contributed by atoms with E-state index in [2.05, 4.69) is 5.32 Å². The van der Waals surface area contributed by atoms with E-state index in [4.69, 9.17) is 5.11 Å². The van der Waals surface area contributed by atoms with Crippen LogP contribution in [0, 0.1) is 11.7 Å². The Hall–Kier alpha value is -3.22. The van der Waals surface area contributed by atoms with Crippen LogP contribution in [0.1, 0.15) is 24.8 Å². The first-order chi connectivity index (χ1) is 13.9. The molecule has 2 aromatic carbocycles. The largest absolute Gasteiger partial charge is 0.481 e. The van der Waals surface area contributed by atoms with E-state index in [-0.39, 0.29) is 49.4 Å². The highest BCUT2D eigenvalue weighted by Crippen LogP contribution is 2.27. The van der Waals surface area contributed by atoms with Gasteiger partial charge in [-0.15, -0.1) is 0 Å². The van der Waals surface area contributed by atoms with Gasteiger partial charge in [0.05, 0.1) is 11.6 Å². The first-order valence-corrected chi connectivity index (χ1v) is 9.55. The van der Waals surface area contributed by atoms with E-state index in [0.29, 0.717) is 6.42 Å². The van der Waals surface area contributed by atoms with E-state index in [1.54, 1.807) is 12.1 Å². The van der Waals surface area contributed by atoms with Crippen molar-refractivity contribution in [2.75, 3.05) is 11.4 Å². The normalized spacial score (nSPS) is 17.2. The Kier molecular flexibility index (Phi) is 6.59. The van der Waals surface area contributed by atoms with Gasteiger partial charge in [0, 0.05) is 25.4 Å². The number of hydrogen-bond donors (Lipinski definition) is 2. The van der Waals surface area contributed by atoms with Gasteiger partial charge in [0.25, 0.3) is 0 Å². The maximum atomic E-state index is 14.0. The molecule has 0 radical (unpaired) electrons. The first kappa shape index (κ1) is 20.5. The molecule has 2 amide bonds. The third-order valence-electron chi connectivity index (χ3n) is 5.02. The smallest absolute Gasteiger partial charge is 0.303 e. The lowest BCUT2D eigenvalue weighted by Gasteiger charge is -2.21. The SMILES string of the molecule is O=C(O)CCC(Cc1ccccc1)NC(=O)C1CC(=O)N(c2ccccc2F)C1. The van der Waals surface area contributed by atoms with Gasteiger partial charge < -0.3 is 15.3 Å². The fourth-order valence-corrected chi connectivity index (χ4v) is 3.53. The summed E-state index contributed by atoms with van der Waals surface area (Å²) in [5.41, 5.74) is 1.15. The first-order valence-electron chi connectivity index (χ1n) is 9.55. The minimum absolute atomic E-state index is 0.00282. The van der Waals surface area contributed by atoms with Crippen molar-refractivity contribution in [3.05, 3.63) is 66.0 Å². The summed E-state index contributed by atoms with van der Waals surface area (Å²) in [4.78, 5) is 37.4. The minimum Gasteiger partial charge on any atom is -0.481 e. The van der Waals surface area contributed by atoms with Gasteiger partial charge in [0.15, 0.2) is 0 Å². The minimum atomic E-state index is -0.931. The van der Waals surface area contributed by atoms with E-state index in [9.17, 15) is 18.8 Å². The van der Waals surface area contributed by atoms with Crippen molar-refractivity contribution in [1.29, 1.82) is 0 Å². The zero-order valence-electron chi connectivity index (χ0n) is 15.9. The molecule has 1 aliphatic rings. The van der Waals surface area contributed by atoms with Gasteiger partial charge in [0.1, 0.15) is 5.82 Å². The number of hydrogen-bond acceptors (Lipinski definition) is 3. The summed E-state index contributed by atoms with van der Waals surface area (Å²) in [7, 11) is 0. The molecule has 1 fully saturated rings. The third kappa shape index (κ3) is 5.40. The topological polar surface area (TPSA) is 86.7 Å². The Morgan fingerprint density at radius 2 is 1.83 bits per heavy atom. The van der Waals surface area contributed by atoms with Crippen LogP contribution in [0.3, 0.4) is 0 Å². The summed E-state index contributed by atoms with van der Waals surface area (Å²) in [6.45, 7) is 0.0998. The molecule has 0 saturated carbocycles. The monoisotopic (exact) mass is 398 g/mol. The maximum Gasteiger partial charge on any atom is 0.303 e. The zero-order valence-corrected chi connectivity index (χ0v) is 15.9. The van der Waals surface area contributed by atoms with Gasteiger partial charge >= 0.3 is 5.97 Å². The second-order valence-electron chi connectivity index (χ2n) is 7.18. The lowest BCUT2D eigenvalue weighted by Crippen LogP contribution is -2.41. The number of benzene rings is 2. The summed E-state index contributed by atoms with van der Waals surface area (Å²) < 4.78 is 14.0. The van der Waals surface area contributed by atoms with Crippen LogP contribution in [0.4, 0.5) is 10.1 Å². The average molecular weight is 398 g/mol. The molecule has 6 nitrogen and oxygen atoms in total. The van der Waals surface area contributed by atoms with Crippen molar-refractivity contribution in [3.8, 4) is 0 Å². The molecule has 0 bridgehead atoms. The van der Waals surface area contributed by atoms with Crippen molar-refractivity contribution < 1.29 is 23.9 Å². The van der Waals surface area contributed by atoms with Crippen LogP contribution in [0.2, 0.25) is 0 Å². The van der Waals surface area contributed by atoms with Crippen LogP contribution in [0.15, 0.2) is 54.6 Å². The average Bonchev–Trinajstić information content (AvgIpc) is 3.09. The lowest BCUT2D eigenvalue weighted by atomic mass is 10.00. The summed E-state index contributed by atoms with van der Waals surface area (Å²) >= 11 is 0. The van der Waals surface area contributed by atoms with Gasteiger partial charge in [-0.3, -0.25) is 14.4 Å². The molecule has 2 atom stereocenters. The fourth-order valence-electron chi connectivity index (χ4n) is 3.53. The number of nitrogens with one attached hydrogen (secondary N) is 1. The number of anilines is 1. The molecule has 0 spiro atoms. The van der Waals surface area contributed by atoms with Crippen LogP contribution >= 0.6 is 0 Å².